The van der Waals surface area contributed by atoms with Crippen LogP contribution in [0.1, 0.15) is 28.4 Å². The Morgan fingerprint density at radius 1 is 0.569 bits per heavy atom. The fourth-order valence-corrected chi connectivity index (χ4v) is 8.13. The highest BCUT2D eigenvalue weighted by molar-refractivity contribution is 6.12. The summed E-state index contributed by atoms with van der Waals surface area (Å²) in [5, 5.41) is 4.33. The molecule has 0 N–H and O–H groups in total. The molecule has 6 aromatic carbocycles. The van der Waals surface area contributed by atoms with E-state index < -0.39 is 0 Å². The Morgan fingerprint density at radius 3 is 1.98 bits per heavy atom. The van der Waals surface area contributed by atoms with E-state index in [2.05, 4.69) is 138 Å². The molecule has 5 heteroatoms. The van der Waals surface area contributed by atoms with Crippen LogP contribution in [-0.2, 0) is 6.42 Å². The van der Waals surface area contributed by atoms with Crippen molar-refractivity contribution in [1.29, 1.82) is 0 Å². The maximum absolute atomic E-state index is 6.82. The molecule has 1 aliphatic carbocycles. The largest absolute Gasteiger partial charge is 0.456 e. The zero-order valence-corrected chi connectivity index (χ0v) is 27.5. The third-order valence-corrected chi connectivity index (χ3v) is 10.4. The van der Waals surface area contributed by atoms with Crippen LogP contribution < -0.4 is 0 Å². The van der Waals surface area contributed by atoms with E-state index in [0.717, 1.165) is 78.1 Å². The Morgan fingerprint density at radius 2 is 1.22 bits per heavy atom. The molecule has 240 valence electrons. The molecule has 0 saturated carbocycles. The lowest BCUT2D eigenvalue weighted by molar-refractivity contribution is 0.587. The van der Waals surface area contributed by atoms with Crippen molar-refractivity contribution in [3.05, 3.63) is 180 Å². The van der Waals surface area contributed by atoms with Gasteiger partial charge in [0.2, 0.25) is 0 Å². The molecule has 11 rings (SSSR count). The van der Waals surface area contributed by atoms with Gasteiger partial charge in [0, 0.05) is 44.2 Å². The second kappa shape index (κ2) is 10.9. The molecule has 0 saturated heterocycles. The van der Waals surface area contributed by atoms with E-state index >= 15 is 0 Å². The van der Waals surface area contributed by atoms with Crippen LogP contribution in [0.15, 0.2) is 167 Å². The van der Waals surface area contributed by atoms with Crippen LogP contribution in [0.3, 0.4) is 0 Å². The van der Waals surface area contributed by atoms with Crippen LogP contribution in [0.5, 0.6) is 0 Å². The van der Waals surface area contributed by atoms with Gasteiger partial charge < -0.3 is 8.83 Å². The molecule has 4 heterocycles. The number of para-hydroxylation sites is 3. The van der Waals surface area contributed by atoms with E-state index in [4.69, 9.17) is 18.8 Å². The first-order valence-corrected chi connectivity index (χ1v) is 17.4. The molecule has 5 nitrogen and oxygen atoms in total. The Balaban J connectivity index is 1.22. The molecule has 1 atom stereocenters. The second-order valence-corrected chi connectivity index (χ2v) is 13.3. The van der Waals surface area contributed by atoms with Gasteiger partial charge in [-0.15, -0.1) is 0 Å². The van der Waals surface area contributed by atoms with Gasteiger partial charge in [-0.25, -0.2) is 9.97 Å². The van der Waals surface area contributed by atoms with Crippen LogP contribution in [0, 0.1) is 0 Å². The first-order chi connectivity index (χ1) is 25.3. The average Bonchev–Trinajstić information content (AvgIpc) is 3.88. The molecule has 0 spiro atoms. The Hall–Kier alpha value is -6.72. The molecule has 0 aliphatic heterocycles. The van der Waals surface area contributed by atoms with Gasteiger partial charge in [0.15, 0.2) is 17.2 Å². The van der Waals surface area contributed by atoms with Gasteiger partial charge >= 0.3 is 0 Å². The molecule has 1 unspecified atom stereocenters. The lowest BCUT2D eigenvalue weighted by Gasteiger charge is -2.22. The van der Waals surface area contributed by atoms with Crippen molar-refractivity contribution in [2.24, 2.45) is 0 Å². The molecule has 10 aromatic rings. The van der Waals surface area contributed by atoms with Gasteiger partial charge in [0.05, 0.1) is 11.0 Å². The van der Waals surface area contributed by atoms with Crippen LogP contribution >= 0.6 is 0 Å². The molecule has 51 heavy (non-hydrogen) atoms. The molecular weight excluding hydrogens is 627 g/mol. The quantitative estimate of drug-likeness (QED) is 0.189. The average molecular weight is 656 g/mol. The monoisotopic (exact) mass is 655 g/mol. The number of hydrogen-bond acceptors (Lipinski definition) is 4. The van der Waals surface area contributed by atoms with Crippen LogP contribution in [0.25, 0.3) is 77.6 Å². The highest BCUT2D eigenvalue weighted by Crippen LogP contribution is 2.46. The first kappa shape index (κ1) is 28.2. The number of furan rings is 2. The number of hydrogen-bond donors (Lipinski definition) is 0. The fourth-order valence-electron chi connectivity index (χ4n) is 8.13. The molecule has 0 amide bonds. The van der Waals surface area contributed by atoms with Crippen molar-refractivity contribution >= 4 is 60.4 Å². The molecular formula is C46H29N3O2. The van der Waals surface area contributed by atoms with Gasteiger partial charge in [-0.1, -0.05) is 127 Å². The Labute approximate surface area is 292 Å². The Kier molecular flexibility index (Phi) is 6.01. The van der Waals surface area contributed by atoms with Crippen LogP contribution in [-0.4, -0.2) is 14.5 Å². The van der Waals surface area contributed by atoms with E-state index in [1.807, 2.05) is 24.3 Å². The van der Waals surface area contributed by atoms with Crippen LogP contribution in [0.4, 0.5) is 0 Å². The maximum Gasteiger partial charge on any atom is 0.197 e. The third kappa shape index (κ3) is 4.21. The smallest absolute Gasteiger partial charge is 0.197 e. The minimum absolute atomic E-state index is 0.178. The maximum atomic E-state index is 6.82. The predicted molar refractivity (Wildman–Crippen MR) is 205 cm³/mol. The number of allylic oxidation sites excluding steroid dienone is 1. The zero-order valence-electron chi connectivity index (χ0n) is 27.5. The van der Waals surface area contributed by atoms with Gasteiger partial charge in [-0.3, -0.25) is 4.57 Å². The van der Waals surface area contributed by atoms with E-state index in [0.29, 0.717) is 17.2 Å². The van der Waals surface area contributed by atoms with Gasteiger partial charge in [0.25, 0.3) is 0 Å². The van der Waals surface area contributed by atoms with Crippen molar-refractivity contribution in [3.63, 3.8) is 0 Å². The fraction of sp³-hybridized carbons (Fsp3) is 0.0435. The number of nitrogens with zero attached hydrogens (tertiary/aromatic N) is 3. The summed E-state index contributed by atoms with van der Waals surface area (Å²) in [6.45, 7) is 0. The number of rotatable bonds is 4. The minimum Gasteiger partial charge on any atom is -0.456 e. The van der Waals surface area contributed by atoms with E-state index in [-0.39, 0.29) is 5.92 Å². The summed E-state index contributed by atoms with van der Waals surface area (Å²) in [5.74, 6) is 2.43. The molecule has 4 aromatic heterocycles. The van der Waals surface area contributed by atoms with Crippen molar-refractivity contribution < 1.29 is 8.83 Å². The minimum atomic E-state index is 0.178. The first-order valence-electron chi connectivity index (χ1n) is 17.4. The summed E-state index contributed by atoms with van der Waals surface area (Å²) in [4.78, 5) is 10.8. The summed E-state index contributed by atoms with van der Waals surface area (Å²) in [7, 11) is 0. The van der Waals surface area contributed by atoms with Crippen molar-refractivity contribution in [3.8, 4) is 17.2 Å². The molecule has 1 aliphatic rings. The molecule has 0 fully saturated rings. The zero-order chi connectivity index (χ0) is 33.5. The van der Waals surface area contributed by atoms with Gasteiger partial charge in [0.1, 0.15) is 22.4 Å². The summed E-state index contributed by atoms with van der Waals surface area (Å²) in [5.41, 5.74) is 10.8. The number of benzene rings is 6. The van der Waals surface area contributed by atoms with Gasteiger partial charge in [-0.2, -0.15) is 0 Å². The standard InChI is InChI=1S/C46H29N3O2/c1-3-14-28(15-4-1)30-26-35(29-16-5-2-6-17-29)43-36(27-30)41-34(21-13-25-40(41)51-43)45-47-42-33-20-9-12-24-39(33)50-44(42)46(48-45)49-37-22-10-7-18-31(37)32-19-8-11-23-38(32)49/h1-26,30H,27H2. The van der Waals surface area contributed by atoms with Crippen molar-refractivity contribution in [2.45, 2.75) is 12.3 Å². The highest BCUT2D eigenvalue weighted by atomic mass is 16.3. The predicted octanol–water partition coefficient (Wildman–Crippen LogP) is 11.7. The SMILES string of the molecule is C1=C(c2ccccc2)c2oc3cccc(-c4nc(-n5c6ccccc6c6ccccc65)c5oc6ccccc6c5n4)c3c2CC1c1ccccc1. The summed E-state index contributed by atoms with van der Waals surface area (Å²) < 4.78 is 15.7. The van der Waals surface area contributed by atoms with E-state index in [9.17, 15) is 0 Å². The number of fused-ring (bicyclic) bond motifs is 9. The lowest BCUT2D eigenvalue weighted by Crippen LogP contribution is -2.09. The van der Waals surface area contributed by atoms with Crippen molar-refractivity contribution in [1.82, 2.24) is 14.5 Å². The molecule has 0 bridgehead atoms. The van der Waals surface area contributed by atoms with E-state index in [1.54, 1.807) is 0 Å². The van der Waals surface area contributed by atoms with E-state index in [1.165, 1.54) is 11.1 Å². The van der Waals surface area contributed by atoms with Crippen LogP contribution in [0.2, 0.25) is 0 Å². The summed E-state index contributed by atoms with van der Waals surface area (Å²) >= 11 is 0. The Bertz CT molecular complexity index is 2950. The van der Waals surface area contributed by atoms with Crippen molar-refractivity contribution in [2.75, 3.05) is 0 Å². The lowest BCUT2D eigenvalue weighted by atomic mass is 9.81. The normalized spacial score (nSPS) is 14.5. The number of aromatic nitrogens is 3. The highest BCUT2D eigenvalue weighted by Gasteiger charge is 2.30. The molecule has 0 radical (unpaired) electrons. The third-order valence-electron chi connectivity index (χ3n) is 10.4. The summed E-state index contributed by atoms with van der Waals surface area (Å²) in [6, 6.07) is 52.7. The van der Waals surface area contributed by atoms with Gasteiger partial charge in [-0.05, 0) is 47.9 Å². The summed E-state index contributed by atoms with van der Waals surface area (Å²) in [6.07, 6.45) is 3.17. The topological polar surface area (TPSA) is 57.0 Å². The second-order valence-electron chi connectivity index (χ2n) is 13.3.